The van der Waals surface area contributed by atoms with Gasteiger partial charge in [-0.15, -0.1) is 0 Å². The Hall–Kier alpha value is -2.62. The molecule has 1 heterocycles. The van der Waals surface area contributed by atoms with E-state index in [-0.39, 0.29) is 11.0 Å². The second-order valence-corrected chi connectivity index (χ2v) is 3.96. The van der Waals surface area contributed by atoms with Gasteiger partial charge in [-0.05, 0) is 24.3 Å². The van der Waals surface area contributed by atoms with E-state index in [1.54, 1.807) is 18.2 Å². The summed E-state index contributed by atoms with van der Waals surface area (Å²) in [6.07, 6.45) is 0. The lowest BCUT2D eigenvalue weighted by atomic mass is 10.3. The van der Waals surface area contributed by atoms with Gasteiger partial charge >= 0.3 is 0 Å². The molecule has 0 bridgehead atoms. The maximum Gasteiger partial charge on any atom is 0.272 e. The van der Waals surface area contributed by atoms with Crippen LogP contribution in [0.5, 0.6) is 0 Å². The van der Waals surface area contributed by atoms with Crippen LogP contribution in [0.2, 0.25) is 0 Å². The fraction of sp³-hybridized carbons (Fsp3) is 0. The molecule has 0 saturated heterocycles. The summed E-state index contributed by atoms with van der Waals surface area (Å²) in [5.74, 6) is 0. The lowest BCUT2D eigenvalue weighted by Gasteiger charge is -2.01. The molecule has 0 aliphatic heterocycles. The van der Waals surface area contributed by atoms with Crippen molar-refractivity contribution < 1.29 is 0 Å². The number of para-hydroxylation sites is 1. The Morgan fingerprint density at radius 1 is 0.833 bits per heavy atom. The summed E-state index contributed by atoms with van der Waals surface area (Å²) in [6.45, 7) is 0. The first-order valence-electron chi connectivity index (χ1n) is 5.57. The van der Waals surface area contributed by atoms with Crippen molar-refractivity contribution in [2.45, 2.75) is 0 Å². The number of nitrogens with one attached hydrogen (secondary N) is 1. The van der Waals surface area contributed by atoms with Gasteiger partial charge in [-0.1, -0.05) is 30.3 Å². The van der Waals surface area contributed by atoms with Gasteiger partial charge in [0, 0.05) is 0 Å². The summed E-state index contributed by atoms with van der Waals surface area (Å²) in [5.41, 5.74) is 0.684. The van der Waals surface area contributed by atoms with Crippen molar-refractivity contribution in [1.82, 2.24) is 9.78 Å². The average molecular weight is 238 g/mol. The number of benzene rings is 1. The first-order valence-corrected chi connectivity index (χ1v) is 5.57. The zero-order chi connectivity index (χ0) is 12.5. The van der Waals surface area contributed by atoms with E-state index in [1.165, 1.54) is 10.7 Å². The van der Waals surface area contributed by atoms with Gasteiger partial charge < -0.3 is 0 Å². The number of nitrogens with zero attached hydrogens (tertiary/aromatic N) is 1. The summed E-state index contributed by atoms with van der Waals surface area (Å²) >= 11 is 0. The van der Waals surface area contributed by atoms with E-state index in [1.807, 2.05) is 30.3 Å². The van der Waals surface area contributed by atoms with Crippen molar-refractivity contribution in [2.75, 3.05) is 0 Å². The summed E-state index contributed by atoms with van der Waals surface area (Å²) in [4.78, 5) is 23.9. The number of aromatic amines is 1. The molecular formula is C14H10N2O2. The number of rotatable bonds is 1. The molecule has 3 rings (SSSR count). The molecule has 0 amide bonds. The monoisotopic (exact) mass is 238 g/mol. The zero-order valence-electron chi connectivity index (χ0n) is 9.46. The Morgan fingerprint density at radius 2 is 1.50 bits per heavy atom. The van der Waals surface area contributed by atoms with E-state index in [9.17, 15) is 9.59 Å². The van der Waals surface area contributed by atoms with Crippen LogP contribution in [0.25, 0.3) is 16.6 Å². The van der Waals surface area contributed by atoms with Gasteiger partial charge in [0.1, 0.15) is 5.52 Å². The highest BCUT2D eigenvalue weighted by Crippen LogP contribution is 2.10. The number of hydrogen-bond donors (Lipinski definition) is 1. The van der Waals surface area contributed by atoms with E-state index >= 15 is 0 Å². The normalized spacial score (nSPS) is 10.7. The largest absolute Gasteiger partial charge is 0.288 e. The Bertz CT molecular complexity index is 816. The minimum atomic E-state index is -0.262. The van der Waals surface area contributed by atoms with Gasteiger partial charge in [-0.2, -0.15) is 0 Å². The standard InChI is InChI=1S/C14H10N2O2/c17-12-9-5-4-8-11-13(12)16(15-14(11)18)10-6-2-1-3-7-10/h1-9H,(H,15,18). The molecule has 0 unspecified atom stereocenters. The molecule has 0 atom stereocenters. The lowest BCUT2D eigenvalue weighted by molar-refractivity contribution is 0.889. The molecule has 2 aromatic carbocycles. The molecule has 1 N–H and O–H groups in total. The zero-order valence-corrected chi connectivity index (χ0v) is 9.46. The molecule has 0 aliphatic rings. The molecule has 3 aromatic rings. The summed E-state index contributed by atoms with van der Waals surface area (Å²) in [5, 5.41) is 3.08. The Labute approximate surface area is 102 Å². The van der Waals surface area contributed by atoms with Gasteiger partial charge in [0.15, 0.2) is 0 Å². The van der Waals surface area contributed by atoms with E-state index in [0.717, 1.165) is 5.69 Å². The van der Waals surface area contributed by atoms with Crippen LogP contribution in [0.4, 0.5) is 0 Å². The highest BCUT2D eigenvalue weighted by atomic mass is 16.1. The topological polar surface area (TPSA) is 54.9 Å². The quantitative estimate of drug-likeness (QED) is 0.701. The van der Waals surface area contributed by atoms with Crippen LogP contribution >= 0.6 is 0 Å². The predicted octanol–water partition coefficient (Wildman–Crippen LogP) is 1.68. The summed E-state index contributed by atoms with van der Waals surface area (Å²) in [6, 6.07) is 15.7. The van der Waals surface area contributed by atoms with Gasteiger partial charge in [-0.25, -0.2) is 4.68 Å². The van der Waals surface area contributed by atoms with E-state index in [2.05, 4.69) is 5.10 Å². The first kappa shape index (κ1) is 10.5. The molecule has 0 spiro atoms. The average Bonchev–Trinajstić information content (AvgIpc) is 2.60. The number of fused-ring (bicyclic) bond motifs is 1. The second kappa shape index (κ2) is 4.00. The highest BCUT2D eigenvalue weighted by Gasteiger charge is 2.09. The first-order chi connectivity index (χ1) is 8.77. The molecule has 0 aliphatic carbocycles. The van der Waals surface area contributed by atoms with Crippen LogP contribution in [0.15, 0.2) is 64.2 Å². The molecule has 4 heteroatoms. The Kier molecular flexibility index (Phi) is 2.34. The van der Waals surface area contributed by atoms with Gasteiger partial charge in [0.25, 0.3) is 5.56 Å². The summed E-state index contributed by atoms with van der Waals surface area (Å²) < 4.78 is 1.53. The van der Waals surface area contributed by atoms with Crippen molar-refractivity contribution in [3.63, 3.8) is 0 Å². The van der Waals surface area contributed by atoms with E-state index < -0.39 is 0 Å². The van der Waals surface area contributed by atoms with Crippen LogP contribution < -0.4 is 11.0 Å². The van der Waals surface area contributed by atoms with Crippen LogP contribution in [0, 0.1) is 0 Å². The number of H-pyrrole nitrogens is 1. The van der Waals surface area contributed by atoms with Gasteiger partial charge in [-0.3, -0.25) is 14.7 Å². The van der Waals surface area contributed by atoms with Crippen molar-refractivity contribution in [1.29, 1.82) is 0 Å². The maximum absolute atomic E-state index is 12.0. The third-order valence-electron chi connectivity index (χ3n) is 2.81. The SMILES string of the molecule is O=c1[nH]n(-c2ccccc2)c2c(=O)ccccc12. The van der Waals surface area contributed by atoms with Gasteiger partial charge in [0.05, 0.1) is 11.1 Å². The van der Waals surface area contributed by atoms with Crippen molar-refractivity contribution in [2.24, 2.45) is 0 Å². The maximum atomic E-state index is 12.0. The molecule has 0 fully saturated rings. The minimum absolute atomic E-state index is 0.183. The predicted molar refractivity (Wildman–Crippen MR) is 70.2 cm³/mol. The van der Waals surface area contributed by atoms with Crippen LogP contribution in [-0.2, 0) is 0 Å². The fourth-order valence-electron chi connectivity index (χ4n) is 1.99. The molecule has 88 valence electrons. The van der Waals surface area contributed by atoms with Crippen molar-refractivity contribution >= 4 is 10.9 Å². The molecule has 1 aromatic heterocycles. The van der Waals surface area contributed by atoms with E-state index in [4.69, 9.17) is 0 Å². The Balaban J connectivity index is 2.50. The molecular weight excluding hydrogens is 228 g/mol. The highest BCUT2D eigenvalue weighted by molar-refractivity contribution is 5.79. The molecule has 4 nitrogen and oxygen atoms in total. The molecule has 0 saturated carbocycles. The number of hydrogen-bond acceptors (Lipinski definition) is 2. The lowest BCUT2D eigenvalue weighted by Crippen LogP contribution is -2.06. The van der Waals surface area contributed by atoms with Crippen molar-refractivity contribution in [3.05, 3.63) is 75.2 Å². The number of aromatic nitrogens is 2. The Morgan fingerprint density at radius 3 is 2.28 bits per heavy atom. The van der Waals surface area contributed by atoms with Crippen LogP contribution in [0.3, 0.4) is 0 Å². The fourth-order valence-corrected chi connectivity index (χ4v) is 1.99. The second-order valence-electron chi connectivity index (χ2n) is 3.96. The van der Waals surface area contributed by atoms with Gasteiger partial charge in [0.2, 0.25) is 5.43 Å². The van der Waals surface area contributed by atoms with Crippen LogP contribution in [0.1, 0.15) is 0 Å². The smallest absolute Gasteiger partial charge is 0.272 e. The third kappa shape index (κ3) is 1.55. The summed E-state index contributed by atoms with van der Waals surface area (Å²) in [7, 11) is 0. The van der Waals surface area contributed by atoms with Crippen LogP contribution in [-0.4, -0.2) is 9.78 Å². The third-order valence-corrected chi connectivity index (χ3v) is 2.81. The molecule has 18 heavy (non-hydrogen) atoms. The minimum Gasteiger partial charge on any atom is -0.288 e. The van der Waals surface area contributed by atoms with E-state index in [0.29, 0.717) is 10.9 Å². The van der Waals surface area contributed by atoms with Crippen molar-refractivity contribution in [3.8, 4) is 5.69 Å². The molecule has 0 radical (unpaired) electrons.